The summed E-state index contributed by atoms with van der Waals surface area (Å²) in [5.74, 6) is 0.861. The Morgan fingerprint density at radius 2 is 1.94 bits per heavy atom. The molecule has 1 saturated heterocycles. The van der Waals surface area contributed by atoms with Crippen LogP contribution in [-0.2, 0) is 4.74 Å². The van der Waals surface area contributed by atoms with Crippen molar-refractivity contribution in [3.05, 3.63) is 0 Å². The van der Waals surface area contributed by atoms with Crippen molar-refractivity contribution in [3.63, 3.8) is 0 Å². The van der Waals surface area contributed by atoms with Gasteiger partial charge in [0.1, 0.15) is 0 Å². The largest absolute Gasteiger partial charge is 0.375 e. The Bertz CT molecular complexity index is 286. The van der Waals surface area contributed by atoms with Crippen molar-refractivity contribution in [1.82, 2.24) is 0 Å². The van der Waals surface area contributed by atoms with Crippen LogP contribution in [0.3, 0.4) is 0 Å². The maximum atomic E-state index is 9.52. The SMILES string of the molecule is CCC1CCC(C#N)(CC2CCC(C)O2)CC1. The van der Waals surface area contributed by atoms with Gasteiger partial charge in [0.25, 0.3) is 0 Å². The summed E-state index contributed by atoms with van der Waals surface area (Å²) in [6.45, 7) is 4.42. The lowest BCUT2D eigenvalue weighted by Gasteiger charge is -2.36. The molecule has 0 radical (unpaired) electrons. The fraction of sp³-hybridized carbons (Fsp3) is 0.933. The van der Waals surface area contributed by atoms with Crippen LogP contribution in [-0.4, -0.2) is 12.2 Å². The molecule has 2 rings (SSSR count). The Balaban J connectivity index is 1.90. The first kappa shape index (κ1) is 12.9. The summed E-state index contributed by atoms with van der Waals surface area (Å²) in [5.41, 5.74) is -0.0691. The molecule has 0 bridgehead atoms. The lowest BCUT2D eigenvalue weighted by atomic mass is 9.68. The number of hydrogen-bond acceptors (Lipinski definition) is 2. The van der Waals surface area contributed by atoms with E-state index in [0.717, 1.165) is 31.6 Å². The number of ether oxygens (including phenoxy) is 1. The van der Waals surface area contributed by atoms with Gasteiger partial charge in [0.15, 0.2) is 0 Å². The Morgan fingerprint density at radius 1 is 1.24 bits per heavy atom. The third-order valence-corrected chi connectivity index (χ3v) is 4.82. The third kappa shape index (κ3) is 3.01. The van der Waals surface area contributed by atoms with Gasteiger partial charge in [-0.15, -0.1) is 0 Å². The number of hydrogen-bond donors (Lipinski definition) is 0. The summed E-state index contributed by atoms with van der Waals surface area (Å²) in [6, 6.07) is 2.62. The molecule has 0 amide bonds. The second-order valence-electron chi connectivity index (χ2n) is 6.09. The number of nitrogens with zero attached hydrogens (tertiary/aromatic N) is 1. The lowest BCUT2D eigenvalue weighted by molar-refractivity contribution is 0.0216. The highest BCUT2D eigenvalue weighted by Crippen LogP contribution is 2.44. The second-order valence-corrected chi connectivity index (χ2v) is 6.09. The molecule has 1 saturated carbocycles. The van der Waals surface area contributed by atoms with Crippen molar-refractivity contribution >= 4 is 0 Å². The van der Waals surface area contributed by atoms with Gasteiger partial charge in [0, 0.05) is 0 Å². The topological polar surface area (TPSA) is 33.0 Å². The van der Waals surface area contributed by atoms with Gasteiger partial charge in [0.05, 0.1) is 23.7 Å². The zero-order valence-corrected chi connectivity index (χ0v) is 11.2. The molecule has 2 nitrogen and oxygen atoms in total. The minimum atomic E-state index is -0.0691. The van der Waals surface area contributed by atoms with Gasteiger partial charge in [-0.1, -0.05) is 13.3 Å². The van der Waals surface area contributed by atoms with Crippen LogP contribution >= 0.6 is 0 Å². The van der Waals surface area contributed by atoms with Crippen LogP contribution in [0.4, 0.5) is 0 Å². The monoisotopic (exact) mass is 235 g/mol. The molecule has 2 unspecified atom stereocenters. The van der Waals surface area contributed by atoms with Crippen molar-refractivity contribution in [2.45, 2.75) is 77.4 Å². The van der Waals surface area contributed by atoms with Gasteiger partial charge >= 0.3 is 0 Å². The van der Waals surface area contributed by atoms with E-state index in [0.29, 0.717) is 12.2 Å². The van der Waals surface area contributed by atoms with Crippen LogP contribution in [0.5, 0.6) is 0 Å². The predicted molar refractivity (Wildman–Crippen MR) is 68.5 cm³/mol. The standard InChI is InChI=1S/C15H25NO/c1-3-13-6-8-15(11-16,9-7-13)10-14-5-4-12(2)17-14/h12-14H,3-10H2,1-2H3. The van der Waals surface area contributed by atoms with Crippen LogP contribution in [0.2, 0.25) is 0 Å². The molecule has 2 atom stereocenters. The molecule has 2 aliphatic rings. The highest BCUT2D eigenvalue weighted by Gasteiger charge is 2.38. The molecule has 0 aromatic rings. The van der Waals surface area contributed by atoms with Gasteiger partial charge in [-0.05, 0) is 57.8 Å². The van der Waals surface area contributed by atoms with Crippen molar-refractivity contribution in [2.75, 3.05) is 0 Å². The summed E-state index contributed by atoms with van der Waals surface area (Å²) >= 11 is 0. The molecule has 0 N–H and O–H groups in total. The summed E-state index contributed by atoms with van der Waals surface area (Å²) in [4.78, 5) is 0. The molecule has 2 fully saturated rings. The Morgan fingerprint density at radius 3 is 2.41 bits per heavy atom. The highest BCUT2D eigenvalue weighted by molar-refractivity contribution is 5.03. The summed E-state index contributed by atoms with van der Waals surface area (Å²) in [7, 11) is 0. The molecular formula is C15H25NO. The van der Waals surface area contributed by atoms with Crippen LogP contribution < -0.4 is 0 Å². The first-order valence-electron chi connectivity index (χ1n) is 7.24. The van der Waals surface area contributed by atoms with Crippen LogP contribution in [0.1, 0.15) is 65.2 Å². The van der Waals surface area contributed by atoms with E-state index in [1.54, 1.807) is 0 Å². The van der Waals surface area contributed by atoms with Gasteiger partial charge in [-0.2, -0.15) is 5.26 Å². The van der Waals surface area contributed by atoms with E-state index in [9.17, 15) is 5.26 Å². The molecular weight excluding hydrogens is 210 g/mol. The molecule has 2 heteroatoms. The molecule has 1 aliphatic heterocycles. The minimum Gasteiger partial charge on any atom is -0.375 e. The smallest absolute Gasteiger partial charge is 0.0690 e. The zero-order chi connectivity index (χ0) is 12.3. The molecule has 0 aromatic heterocycles. The minimum absolute atomic E-state index is 0.0691. The molecule has 0 spiro atoms. The summed E-state index contributed by atoms with van der Waals surface area (Å²) in [6.07, 6.45) is 10.0. The lowest BCUT2D eigenvalue weighted by Crippen LogP contribution is -2.30. The fourth-order valence-electron chi connectivity index (χ4n) is 3.47. The molecule has 1 aliphatic carbocycles. The van der Waals surface area contributed by atoms with E-state index < -0.39 is 0 Å². The number of rotatable bonds is 3. The van der Waals surface area contributed by atoms with E-state index in [1.165, 1.54) is 25.7 Å². The van der Waals surface area contributed by atoms with Gasteiger partial charge in [-0.25, -0.2) is 0 Å². The Hall–Kier alpha value is -0.550. The maximum Gasteiger partial charge on any atom is 0.0690 e. The number of nitriles is 1. The van der Waals surface area contributed by atoms with Crippen LogP contribution in [0.25, 0.3) is 0 Å². The summed E-state index contributed by atoms with van der Waals surface area (Å²) in [5, 5.41) is 9.52. The van der Waals surface area contributed by atoms with Crippen molar-refractivity contribution in [2.24, 2.45) is 11.3 Å². The van der Waals surface area contributed by atoms with E-state index in [1.807, 2.05) is 0 Å². The van der Waals surface area contributed by atoms with Crippen molar-refractivity contribution in [1.29, 1.82) is 5.26 Å². The first-order chi connectivity index (χ1) is 8.17. The molecule has 1 heterocycles. The maximum absolute atomic E-state index is 9.52. The van der Waals surface area contributed by atoms with Gasteiger partial charge < -0.3 is 4.74 Å². The van der Waals surface area contributed by atoms with E-state index in [2.05, 4.69) is 19.9 Å². The molecule has 96 valence electrons. The normalized spacial score (nSPS) is 42.3. The average Bonchev–Trinajstić information content (AvgIpc) is 2.75. The zero-order valence-electron chi connectivity index (χ0n) is 11.2. The third-order valence-electron chi connectivity index (χ3n) is 4.82. The van der Waals surface area contributed by atoms with Crippen LogP contribution in [0, 0.1) is 22.7 Å². The van der Waals surface area contributed by atoms with E-state index >= 15 is 0 Å². The van der Waals surface area contributed by atoms with Crippen molar-refractivity contribution in [3.8, 4) is 6.07 Å². The van der Waals surface area contributed by atoms with E-state index in [4.69, 9.17) is 4.74 Å². The van der Waals surface area contributed by atoms with Crippen LogP contribution in [0.15, 0.2) is 0 Å². The second kappa shape index (κ2) is 5.40. The fourth-order valence-corrected chi connectivity index (χ4v) is 3.47. The quantitative estimate of drug-likeness (QED) is 0.739. The predicted octanol–water partition coefficient (Wildman–Crippen LogP) is 4.05. The molecule has 0 aromatic carbocycles. The molecule has 17 heavy (non-hydrogen) atoms. The van der Waals surface area contributed by atoms with Gasteiger partial charge in [0.2, 0.25) is 0 Å². The first-order valence-corrected chi connectivity index (χ1v) is 7.24. The Labute approximate surface area is 105 Å². The Kier molecular flexibility index (Phi) is 4.09. The van der Waals surface area contributed by atoms with Crippen molar-refractivity contribution < 1.29 is 4.74 Å². The highest BCUT2D eigenvalue weighted by atomic mass is 16.5. The van der Waals surface area contributed by atoms with Gasteiger partial charge in [-0.3, -0.25) is 0 Å². The van der Waals surface area contributed by atoms with E-state index in [-0.39, 0.29) is 5.41 Å². The summed E-state index contributed by atoms with van der Waals surface area (Å²) < 4.78 is 5.89. The average molecular weight is 235 g/mol.